The van der Waals surface area contributed by atoms with Crippen LogP contribution in [0.3, 0.4) is 0 Å². The minimum absolute atomic E-state index is 0.0227. The molecule has 1 aromatic heterocycles. The van der Waals surface area contributed by atoms with Gasteiger partial charge in [-0.2, -0.15) is 0 Å². The summed E-state index contributed by atoms with van der Waals surface area (Å²) in [6, 6.07) is 2.03. The predicted octanol–water partition coefficient (Wildman–Crippen LogP) is -0.522. The van der Waals surface area contributed by atoms with Crippen LogP contribution in [0.25, 0.3) is 10.9 Å². The standard InChI is InChI=1S/C25H35N5O8/c1-12(2)20(25(37)38)29-24(36)21(13(3)31)30-23(35)18(28-22(34)16(26)8-9-19(32)33)10-14-11-27-17-7-5-4-6-15(14)17/h4-7,11-13,16,18,20-21,27,31H,8-10,26H2,1-3H3,(H,28,34)(H,29,36)(H,30,35)(H,32,33)(H,37,38). The number of carbonyl (C=O) groups excluding carboxylic acids is 3. The molecule has 0 aliphatic carbocycles. The molecule has 0 fully saturated rings. The molecule has 0 spiro atoms. The number of aromatic amines is 1. The molecule has 38 heavy (non-hydrogen) atoms. The van der Waals surface area contributed by atoms with Gasteiger partial charge in [0.05, 0.1) is 12.1 Å². The Bertz CT molecular complexity index is 1160. The first-order valence-electron chi connectivity index (χ1n) is 12.2. The minimum atomic E-state index is -1.52. The molecular formula is C25H35N5O8. The number of nitrogens with one attached hydrogen (secondary N) is 4. The molecule has 13 nitrogen and oxygen atoms in total. The van der Waals surface area contributed by atoms with E-state index in [1.165, 1.54) is 6.92 Å². The molecule has 2 aromatic rings. The molecule has 2 rings (SSSR count). The van der Waals surface area contributed by atoms with E-state index >= 15 is 0 Å². The first kappa shape index (κ1) is 30.3. The van der Waals surface area contributed by atoms with Gasteiger partial charge >= 0.3 is 11.9 Å². The van der Waals surface area contributed by atoms with Crippen LogP contribution in [0.5, 0.6) is 0 Å². The van der Waals surface area contributed by atoms with Gasteiger partial charge in [-0.3, -0.25) is 19.2 Å². The zero-order chi connectivity index (χ0) is 28.6. The molecule has 13 heteroatoms. The number of rotatable bonds is 14. The van der Waals surface area contributed by atoms with Crippen molar-refractivity contribution in [2.45, 2.75) is 70.3 Å². The quantitative estimate of drug-likeness (QED) is 0.156. The summed E-state index contributed by atoms with van der Waals surface area (Å²) in [5.41, 5.74) is 7.28. The van der Waals surface area contributed by atoms with Gasteiger partial charge in [0.15, 0.2) is 0 Å². The van der Waals surface area contributed by atoms with Crippen LogP contribution in [0, 0.1) is 5.92 Å². The van der Waals surface area contributed by atoms with Crippen LogP contribution in [0.15, 0.2) is 30.5 Å². The van der Waals surface area contributed by atoms with Crippen LogP contribution in [0.2, 0.25) is 0 Å². The maximum Gasteiger partial charge on any atom is 0.326 e. The maximum atomic E-state index is 13.3. The largest absolute Gasteiger partial charge is 0.481 e. The number of aliphatic hydroxyl groups excluding tert-OH is 1. The molecule has 0 radical (unpaired) electrons. The number of aliphatic carboxylic acids is 2. The number of aliphatic hydroxyl groups is 1. The second-order valence-electron chi connectivity index (χ2n) is 9.46. The molecule has 0 bridgehead atoms. The number of para-hydroxylation sites is 1. The van der Waals surface area contributed by atoms with E-state index in [1.54, 1.807) is 26.1 Å². The molecule has 5 unspecified atom stereocenters. The van der Waals surface area contributed by atoms with E-state index in [9.17, 15) is 34.2 Å². The molecule has 0 saturated heterocycles. The summed E-state index contributed by atoms with van der Waals surface area (Å²) in [7, 11) is 0. The van der Waals surface area contributed by atoms with Crippen molar-refractivity contribution in [2.75, 3.05) is 0 Å². The molecule has 3 amide bonds. The molecule has 5 atom stereocenters. The van der Waals surface area contributed by atoms with Crippen LogP contribution in [-0.4, -0.2) is 80.2 Å². The molecule has 0 aliphatic heterocycles. The fourth-order valence-electron chi connectivity index (χ4n) is 3.83. The Hall–Kier alpha value is -3.97. The Labute approximate surface area is 219 Å². The number of nitrogens with two attached hydrogens (primary N) is 1. The number of benzene rings is 1. The SMILES string of the molecule is CC(C)C(NC(=O)C(NC(=O)C(Cc1c[nH]c2ccccc12)NC(=O)C(N)CCC(=O)O)C(C)O)C(=O)O. The Morgan fingerprint density at radius 3 is 2.13 bits per heavy atom. The Morgan fingerprint density at radius 2 is 1.55 bits per heavy atom. The van der Waals surface area contributed by atoms with Crippen molar-refractivity contribution in [2.24, 2.45) is 11.7 Å². The van der Waals surface area contributed by atoms with Gasteiger partial charge in [-0.1, -0.05) is 32.0 Å². The van der Waals surface area contributed by atoms with Crippen LogP contribution < -0.4 is 21.7 Å². The van der Waals surface area contributed by atoms with Crippen molar-refractivity contribution in [3.05, 3.63) is 36.0 Å². The molecule has 1 aromatic carbocycles. The third-order valence-electron chi connectivity index (χ3n) is 6.03. The van der Waals surface area contributed by atoms with Crippen LogP contribution >= 0.6 is 0 Å². The summed E-state index contributed by atoms with van der Waals surface area (Å²) >= 11 is 0. The Morgan fingerprint density at radius 1 is 0.921 bits per heavy atom. The molecule has 1 heterocycles. The lowest BCUT2D eigenvalue weighted by atomic mass is 10.0. The maximum absolute atomic E-state index is 13.3. The summed E-state index contributed by atoms with van der Waals surface area (Å²) in [5, 5.41) is 36.5. The highest BCUT2D eigenvalue weighted by Gasteiger charge is 2.34. The van der Waals surface area contributed by atoms with Gasteiger partial charge in [0.2, 0.25) is 17.7 Å². The van der Waals surface area contributed by atoms with Gasteiger partial charge in [-0.25, -0.2) is 4.79 Å². The minimum Gasteiger partial charge on any atom is -0.481 e. The van der Waals surface area contributed by atoms with E-state index in [2.05, 4.69) is 20.9 Å². The van der Waals surface area contributed by atoms with Crippen molar-refractivity contribution >= 4 is 40.6 Å². The summed E-state index contributed by atoms with van der Waals surface area (Å²) in [6.45, 7) is 4.44. The van der Waals surface area contributed by atoms with Gasteiger partial charge in [0.25, 0.3) is 0 Å². The van der Waals surface area contributed by atoms with Gasteiger partial charge in [0, 0.05) is 29.9 Å². The highest BCUT2D eigenvalue weighted by Crippen LogP contribution is 2.19. The Balaban J connectivity index is 2.28. The first-order chi connectivity index (χ1) is 17.8. The number of carboxylic acids is 2. The summed E-state index contributed by atoms with van der Waals surface area (Å²) in [6.07, 6.45) is -0.264. The van der Waals surface area contributed by atoms with Crippen molar-refractivity contribution in [3.8, 4) is 0 Å². The third-order valence-corrected chi connectivity index (χ3v) is 6.03. The van der Waals surface area contributed by atoms with E-state index in [0.717, 1.165) is 10.9 Å². The summed E-state index contributed by atoms with van der Waals surface area (Å²) in [4.78, 5) is 64.3. The third kappa shape index (κ3) is 8.28. The van der Waals surface area contributed by atoms with E-state index in [4.69, 9.17) is 10.8 Å². The van der Waals surface area contributed by atoms with E-state index in [1.807, 2.05) is 18.2 Å². The van der Waals surface area contributed by atoms with Crippen LogP contribution in [0.4, 0.5) is 0 Å². The van der Waals surface area contributed by atoms with Gasteiger partial charge in [-0.05, 0) is 30.9 Å². The average Bonchev–Trinajstić information content (AvgIpc) is 3.25. The molecular weight excluding hydrogens is 498 g/mol. The van der Waals surface area contributed by atoms with Gasteiger partial charge < -0.3 is 42.0 Å². The van der Waals surface area contributed by atoms with Crippen LogP contribution in [0.1, 0.15) is 39.2 Å². The predicted molar refractivity (Wildman–Crippen MR) is 137 cm³/mol. The molecule has 0 aliphatic rings. The van der Waals surface area contributed by atoms with E-state index in [-0.39, 0.29) is 19.3 Å². The summed E-state index contributed by atoms with van der Waals surface area (Å²) < 4.78 is 0. The fraction of sp³-hybridized carbons (Fsp3) is 0.480. The van der Waals surface area contributed by atoms with Gasteiger partial charge in [-0.15, -0.1) is 0 Å². The monoisotopic (exact) mass is 533 g/mol. The highest BCUT2D eigenvalue weighted by molar-refractivity contribution is 5.95. The zero-order valence-corrected chi connectivity index (χ0v) is 21.4. The van der Waals surface area contributed by atoms with Gasteiger partial charge in [0.1, 0.15) is 18.1 Å². The topological polar surface area (TPSA) is 224 Å². The first-order valence-corrected chi connectivity index (χ1v) is 12.2. The Kier molecular flexibility index (Phi) is 10.8. The van der Waals surface area contributed by atoms with E-state index < -0.39 is 65.8 Å². The lowest BCUT2D eigenvalue weighted by molar-refractivity contribution is -0.144. The lowest BCUT2D eigenvalue weighted by Crippen LogP contribution is -2.60. The second-order valence-corrected chi connectivity index (χ2v) is 9.46. The molecule has 9 N–H and O–H groups in total. The lowest BCUT2D eigenvalue weighted by Gasteiger charge is -2.27. The molecule has 0 saturated carbocycles. The number of H-pyrrole nitrogens is 1. The summed E-state index contributed by atoms with van der Waals surface area (Å²) in [5.74, 6) is -5.38. The number of carbonyl (C=O) groups is 5. The smallest absolute Gasteiger partial charge is 0.326 e. The number of carboxylic acid groups (broad SMARTS) is 2. The van der Waals surface area contributed by atoms with E-state index in [0.29, 0.717) is 5.56 Å². The zero-order valence-electron chi connectivity index (χ0n) is 21.4. The normalized spacial score (nSPS) is 15.2. The number of amides is 3. The van der Waals surface area contributed by atoms with Crippen LogP contribution in [-0.2, 0) is 30.4 Å². The van der Waals surface area contributed by atoms with Crippen molar-refractivity contribution in [1.82, 2.24) is 20.9 Å². The number of fused-ring (bicyclic) bond motifs is 1. The van der Waals surface area contributed by atoms with Crippen molar-refractivity contribution in [1.29, 1.82) is 0 Å². The number of hydrogen-bond acceptors (Lipinski definition) is 7. The van der Waals surface area contributed by atoms with Crippen molar-refractivity contribution < 1.29 is 39.3 Å². The number of aromatic nitrogens is 1. The van der Waals surface area contributed by atoms with Crippen molar-refractivity contribution in [3.63, 3.8) is 0 Å². The molecule has 208 valence electrons. The average molecular weight is 534 g/mol. The number of hydrogen-bond donors (Lipinski definition) is 8. The highest BCUT2D eigenvalue weighted by atomic mass is 16.4. The fourth-order valence-corrected chi connectivity index (χ4v) is 3.83. The second kappa shape index (κ2) is 13.5.